The quantitative estimate of drug-likeness (QED) is 0.196. The highest BCUT2D eigenvalue weighted by Crippen LogP contribution is 2.65. The highest BCUT2D eigenvalue weighted by Gasteiger charge is 2.70. The van der Waals surface area contributed by atoms with E-state index >= 15 is 0 Å². The van der Waals surface area contributed by atoms with E-state index in [2.05, 4.69) is 35.1 Å². The van der Waals surface area contributed by atoms with Crippen molar-refractivity contribution in [1.82, 2.24) is 26.2 Å². The van der Waals surface area contributed by atoms with Crippen molar-refractivity contribution in [2.45, 2.75) is 110 Å². The number of fused-ring (bicyclic) bond motifs is 2. The van der Waals surface area contributed by atoms with Gasteiger partial charge in [-0.3, -0.25) is 19.2 Å². The smallest absolute Gasteiger partial charge is 0.407 e. The summed E-state index contributed by atoms with van der Waals surface area (Å²) in [6.45, 7) is 13.7. The molecule has 3 fully saturated rings. The molecule has 0 bridgehead atoms. The molecule has 0 spiro atoms. The van der Waals surface area contributed by atoms with Gasteiger partial charge in [-0.15, -0.1) is 0 Å². The first-order chi connectivity index (χ1) is 23.4. The minimum atomic E-state index is -1.10. The number of Topliss-reactive ketones (excluding diaryl/α,β-unsaturated/α-hetero) is 1. The third kappa shape index (κ3) is 8.40. The SMILES string of the molecule is CC(C)[C@@H](COC(=O)NC(C)(C)C)NC(=O)N[C@H](C(=O)N1C[C@H]2[C@@H]([C@H]1C(=O)NC(CC1CC1)C(=O)C(N)=O)C2(C)C)C1Cc2ccccc2C1. The number of hydrogen-bond donors (Lipinski definition) is 5. The van der Waals surface area contributed by atoms with Crippen molar-refractivity contribution in [3.05, 3.63) is 35.4 Å². The van der Waals surface area contributed by atoms with E-state index in [-0.39, 0.29) is 47.5 Å². The largest absolute Gasteiger partial charge is 0.447 e. The number of urea groups is 1. The molecule has 3 aliphatic carbocycles. The molecule has 6 atom stereocenters. The number of alkyl carbamates (subject to hydrolysis) is 1. The summed E-state index contributed by atoms with van der Waals surface area (Å²) in [5.41, 5.74) is 6.85. The van der Waals surface area contributed by atoms with Crippen LogP contribution in [0.3, 0.4) is 0 Å². The van der Waals surface area contributed by atoms with Crippen molar-refractivity contribution < 1.29 is 33.5 Å². The molecule has 1 aromatic carbocycles. The number of ketones is 1. The van der Waals surface area contributed by atoms with Crippen LogP contribution in [-0.4, -0.2) is 83.4 Å². The van der Waals surface area contributed by atoms with Crippen molar-refractivity contribution in [2.24, 2.45) is 40.7 Å². The zero-order valence-corrected chi connectivity index (χ0v) is 30.3. The van der Waals surface area contributed by atoms with Crippen LogP contribution in [0.2, 0.25) is 0 Å². The van der Waals surface area contributed by atoms with Crippen molar-refractivity contribution in [3.63, 3.8) is 0 Å². The fourth-order valence-corrected chi connectivity index (χ4v) is 7.81. The highest BCUT2D eigenvalue weighted by molar-refractivity contribution is 6.37. The molecule has 1 unspecified atom stereocenters. The lowest BCUT2D eigenvalue weighted by Gasteiger charge is -2.35. The van der Waals surface area contributed by atoms with Crippen molar-refractivity contribution >= 4 is 35.6 Å². The summed E-state index contributed by atoms with van der Waals surface area (Å²) in [6, 6.07) is 3.92. The molecule has 13 heteroatoms. The van der Waals surface area contributed by atoms with Crippen LogP contribution in [0.4, 0.5) is 9.59 Å². The molecule has 50 heavy (non-hydrogen) atoms. The van der Waals surface area contributed by atoms with Crippen LogP contribution in [-0.2, 0) is 36.8 Å². The van der Waals surface area contributed by atoms with Gasteiger partial charge in [0.25, 0.3) is 5.91 Å². The monoisotopic (exact) mass is 694 g/mol. The molecule has 4 aliphatic rings. The van der Waals surface area contributed by atoms with Crippen LogP contribution in [0.5, 0.6) is 0 Å². The maximum Gasteiger partial charge on any atom is 0.407 e. The molecule has 6 N–H and O–H groups in total. The zero-order valence-electron chi connectivity index (χ0n) is 30.3. The van der Waals surface area contributed by atoms with Crippen LogP contribution >= 0.6 is 0 Å². The number of nitrogens with one attached hydrogen (secondary N) is 4. The normalized spacial score (nSPS) is 23.9. The van der Waals surface area contributed by atoms with Gasteiger partial charge in [-0.25, -0.2) is 9.59 Å². The van der Waals surface area contributed by atoms with Gasteiger partial charge in [0, 0.05) is 12.1 Å². The second-order valence-electron chi connectivity index (χ2n) is 16.7. The van der Waals surface area contributed by atoms with E-state index in [1.807, 2.05) is 58.9 Å². The third-order valence-electron chi connectivity index (χ3n) is 11.0. The third-order valence-corrected chi connectivity index (χ3v) is 11.0. The van der Waals surface area contributed by atoms with Crippen LogP contribution in [0.25, 0.3) is 0 Å². The van der Waals surface area contributed by atoms with Gasteiger partial charge in [0.05, 0.1) is 12.1 Å². The van der Waals surface area contributed by atoms with Crippen LogP contribution < -0.4 is 27.0 Å². The predicted molar refractivity (Wildman–Crippen MR) is 185 cm³/mol. The van der Waals surface area contributed by atoms with Crippen LogP contribution in [0.15, 0.2) is 24.3 Å². The van der Waals surface area contributed by atoms with Crippen LogP contribution in [0.1, 0.15) is 78.9 Å². The molecule has 0 radical (unpaired) electrons. The molecule has 5 rings (SSSR count). The molecule has 0 aromatic heterocycles. The predicted octanol–water partition coefficient (Wildman–Crippen LogP) is 2.44. The first kappa shape index (κ1) is 37.1. The summed E-state index contributed by atoms with van der Waals surface area (Å²) >= 11 is 0. The molecular formula is C37H54N6O7. The van der Waals surface area contributed by atoms with Gasteiger partial charge in [-0.05, 0) is 86.2 Å². The van der Waals surface area contributed by atoms with E-state index < -0.39 is 59.4 Å². The average molecular weight is 695 g/mol. The Morgan fingerprint density at radius 3 is 2.14 bits per heavy atom. The zero-order chi connectivity index (χ0) is 36.7. The fraction of sp³-hybridized carbons (Fsp3) is 0.676. The maximum atomic E-state index is 14.7. The Labute approximate surface area is 294 Å². The Hall–Kier alpha value is -4.16. The topological polar surface area (TPSA) is 189 Å². The number of carbonyl (C=O) groups is 6. The number of carbonyl (C=O) groups excluding carboxylic acids is 6. The van der Waals surface area contributed by atoms with E-state index in [1.165, 1.54) is 0 Å². The minimum absolute atomic E-state index is 0.0629. The number of rotatable bonds is 13. The highest BCUT2D eigenvalue weighted by atomic mass is 16.5. The number of primary amides is 1. The van der Waals surface area contributed by atoms with Gasteiger partial charge >= 0.3 is 12.1 Å². The lowest BCUT2D eigenvalue weighted by molar-refractivity contribution is -0.144. The first-order valence-corrected chi connectivity index (χ1v) is 17.9. The second-order valence-corrected chi connectivity index (χ2v) is 16.7. The molecule has 1 heterocycles. The van der Waals surface area contributed by atoms with Crippen LogP contribution in [0, 0.1) is 35.0 Å². The second kappa shape index (κ2) is 14.2. The number of ether oxygens (including phenoxy) is 1. The summed E-state index contributed by atoms with van der Waals surface area (Å²) in [5.74, 6) is -3.02. The molecule has 13 nitrogen and oxygen atoms in total. The summed E-state index contributed by atoms with van der Waals surface area (Å²) < 4.78 is 5.42. The van der Waals surface area contributed by atoms with E-state index in [0.29, 0.717) is 25.8 Å². The van der Waals surface area contributed by atoms with E-state index in [9.17, 15) is 28.8 Å². The summed E-state index contributed by atoms with van der Waals surface area (Å²) in [7, 11) is 0. The summed E-state index contributed by atoms with van der Waals surface area (Å²) in [4.78, 5) is 80.9. The number of likely N-dealkylation sites (tertiary alicyclic amines) is 1. The molecule has 1 aliphatic heterocycles. The Morgan fingerprint density at radius 1 is 0.980 bits per heavy atom. The van der Waals surface area contributed by atoms with E-state index in [0.717, 1.165) is 24.0 Å². The van der Waals surface area contributed by atoms with Crippen molar-refractivity contribution in [2.75, 3.05) is 13.2 Å². The minimum Gasteiger partial charge on any atom is -0.447 e. The Bertz CT molecular complexity index is 1490. The Kier molecular flexibility index (Phi) is 10.6. The Balaban J connectivity index is 1.35. The number of nitrogens with two attached hydrogens (primary N) is 1. The van der Waals surface area contributed by atoms with Gasteiger partial charge in [0.2, 0.25) is 17.6 Å². The number of benzene rings is 1. The van der Waals surface area contributed by atoms with Gasteiger partial charge in [0.1, 0.15) is 18.7 Å². The lowest BCUT2D eigenvalue weighted by atomic mass is 9.93. The molecule has 1 saturated heterocycles. The van der Waals surface area contributed by atoms with Gasteiger partial charge in [0.15, 0.2) is 0 Å². The molecule has 2 saturated carbocycles. The van der Waals surface area contributed by atoms with Crippen molar-refractivity contribution in [1.29, 1.82) is 0 Å². The standard InChI is InChI=1S/C37H54N6O7/c1-19(2)26(18-50-35(49)42-36(3,4)5)40-34(48)41-28(23-15-21-10-8-9-11-22(21)16-23)33(47)43-17-24-27(37(24,6)7)29(43)32(46)39-25(14-20-12-13-20)30(44)31(38)45/h8-11,19-20,23-29H,12-18H2,1-7H3,(H2,38,45)(H,39,46)(H,42,49)(H2,40,41,48)/t24-,25?,26+,27-,28-,29-/m0/s1. The van der Waals surface area contributed by atoms with Crippen molar-refractivity contribution in [3.8, 4) is 0 Å². The molecule has 274 valence electrons. The number of nitrogens with zero attached hydrogens (tertiary/aromatic N) is 1. The first-order valence-electron chi connectivity index (χ1n) is 17.9. The van der Waals surface area contributed by atoms with Gasteiger partial charge < -0.3 is 36.6 Å². The average Bonchev–Trinajstić information content (AvgIpc) is 3.78. The van der Waals surface area contributed by atoms with Gasteiger partial charge in [-0.2, -0.15) is 0 Å². The molecular weight excluding hydrogens is 640 g/mol. The van der Waals surface area contributed by atoms with E-state index in [4.69, 9.17) is 10.5 Å². The lowest BCUT2D eigenvalue weighted by Crippen LogP contribution is -2.61. The fourth-order valence-electron chi connectivity index (χ4n) is 7.81. The number of piperidine rings is 1. The summed E-state index contributed by atoms with van der Waals surface area (Å²) in [6.07, 6.45) is 2.69. The van der Waals surface area contributed by atoms with Gasteiger partial charge in [-0.1, -0.05) is 64.8 Å². The van der Waals surface area contributed by atoms with E-state index in [1.54, 1.807) is 4.90 Å². The Morgan fingerprint density at radius 2 is 1.60 bits per heavy atom. The molecule has 1 aromatic rings. The number of hydrogen-bond acceptors (Lipinski definition) is 7. The molecule has 6 amide bonds. The maximum absolute atomic E-state index is 14.7. The number of amides is 6. The summed E-state index contributed by atoms with van der Waals surface area (Å²) in [5, 5.41) is 11.4.